The Bertz CT molecular complexity index is 1710. The van der Waals surface area contributed by atoms with Crippen molar-refractivity contribution in [3.63, 3.8) is 0 Å². The van der Waals surface area contributed by atoms with Crippen LogP contribution >= 0.6 is 0 Å². The van der Waals surface area contributed by atoms with Gasteiger partial charge in [0.15, 0.2) is 0 Å². The van der Waals surface area contributed by atoms with Crippen LogP contribution in [0.2, 0.25) is 0 Å². The maximum atomic E-state index is 14.0. The summed E-state index contributed by atoms with van der Waals surface area (Å²) in [6.45, 7) is 0.818. The highest BCUT2D eigenvalue weighted by Gasteiger charge is 2.45. The van der Waals surface area contributed by atoms with E-state index in [0.717, 1.165) is 6.20 Å². The average molecular weight is 611 g/mol. The van der Waals surface area contributed by atoms with Crippen molar-refractivity contribution in [2.24, 2.45) is 5.14 Å². The van der Waals surface area contributed by atoms with Crippen molar-refractivity contribution in [1.29, 1.82) is 0 Å². The van der Waals surface area contributed by atoms with Gasteiger partial charge in [-0.15, -0.1) is 0 Å². The standard InChI is InChI=1S/C26H31FN4O8S2/c27-22-6-2-5-21-24(22)30-14-23(25(21)33)41(36,37)31-9-7-26(8-10-31)12-17(15-39-26)29-13-18(32)16-38-19-3-1-4-20(11-19)40(28,34)35/h1-6,11,14,17-18,29,32H,7-10,12-13,15-16H2,(H,30,33)(H2,28,34,35)/t17?,18-/m0/s1. The molecule has 0 aliphatic carbocycles. The normalized spacial score (nSPS) is 20.4. The molecule has 2 saturated heterocycles. The molecule has 1 spiro atoms. The lowest BCUT2D eigenvalue weighted by atomic mass is 9.88. The first kappa shape index (κ1) is 29.6. The summed E-state index contributed by atoms with van der Waals surface area (Å²) < 4.78 is 76.4. The molecule has 15 heteroatoms. The van der Waals surface area contributed by atoms with Crippen LogP contribution in [0.1, 0.15) is 19.3 Å². The maximum absolute atomic E-state index is 14.0. The van der Waals surface area contributed by atoms with Crippen LogP contribution in [0.3, 0.4) is 0 Å². The van der Waals surface area contributed by atoms with Gasteiger partial charge in [-0.1, -0.05) is 12.1 Å². The number of piperidine rings is 1. The molecule has 0 saturated carbocycles. The number of halogens is 1. The maximum Gasteiger partial charge on any atom is 0.248 e. The number of nitrogens with one attached hydrogen (secondary N) is 2. The van der Waals surface area contributed by atoms with E-state index in [9.17, 15) is 31.1 Å². The van der Waals surface area contributed by atoms with Crippen LogP contribution in [0.5, 0.6) is 5.75 Å². The molecule has 3 aromatic rings. The molecule has 0 radical (unpaired) electrons. The van der Waals surface area contributed by atoms with Gasteiger partial charge >= 0.3 is 0 Å². The number of H-pyrrole nitrogens is 1. The van der Waals surface area contributed by atoms with E-state index in [1.807, 2.05) is 0 Å². The van der Waals surface area contributed by atoms with Gasteiger partial charge in [0, 0.05) is 43.3 Å². The van der Waals surface area contributed by atoms with Crippen molar-refractivity contribution in [2.45, 2.75) is 46.8 Å². The number of pyridine rings is 1. The topological polar surface area (TPSA) is 181 Å². The average Bonchev–Trinajstić information content (AvgIpc) is 3.33. The van der Waals surface area contributed by atoms with E-state index < -0.39 is 47.9 Å². The Kier molecular flexibility index (Phi) is 8.22. The highest BCUT2D eigenvalue weighted by atomic mass is 32.2. The highest BCUT2D eigenvalue weighted by molar-refractivity contribution is 7.89. The fraction of sp³-hybridized carbons (Fsp3) is 0.423. The van der Waals surface area contributed by atoms with E-state index in [0.29, 0.717) is 25.9 Å². The number of nitrogens with two attached hydrogens (primary N) is 1. The number of aliphatic hydroxyl groups excluding tert-OH is 1. The van der Waals surface area contributed by atoms with E-state index in [-0.39, 0.29) is 53.8 Å². The predicted octanol–water partition coefficient (Wildman–Crippen LogP) is 0.656. The molecule has 5 N–H and O–H groups in total. The van der Waals surface area contributed by atoms with Crippen LogP contribution in [0.4, 0.5) is 4.39 Å². The SMILES string of the molecule is NS(=O)(=O)c1cccc(OC[C@@H](O)CNC2COC3(CCN(S(=O)(=O)c4c[nH]c5c(F)cccc5c4=O)CC3)C2)c1. The van der Waals surface area contributed by atoms with Crippen LogP contribution in [0, 0.1) is 5.82 Å². The van der Waals surface area contributed by atoms with E-state index in [4.69, 9.17) is 14.6 Å². The van der Waals surface area contributed by atoms with Gasteiger partial charge in [-0.05, 0) is 43.5 Å². The van der Waals surface area contributed by atoms with Crippen LogP contribution < -0.4 is 20.6 Å². The molecule has 0 amide bonds. The summed E-state index contributed by atoms with van der Waals surface area (Å²) in [4.78, 5) is 15.0. The zero-order valence-corrected chi connectivity index (χ0v) is 23.6. The number of ether oxygens (including phenoxy) is 2. The van der Waals surface area contributed by atoms with Crippen molar-refractivity contribution in [1.82, 2.24) is 14.6 Å². The number of hydrogen-bond donors (Lipinski definition) is 4. The van der Waals surface area contributed by atoms with Gasteiger partial charge < -0.3 is 24.9 Å². The van der Waals surface area contributed by atoms with Crippen LogP contribution in [0.15, 0.2) is 63.2 Å². The summed E-state index contributed by atoms with van der Waals surface area (Å²) in [5, 5.41) is 18.7. The second-order valence-electron chi connectivity index (χ2n) is 10.3. The molecular weight excluding hydrogens is 579 g/mol. The van der Waals surface area contributed by atoms with Gasteiger partial charge in [0.1, 0.15) is 29.2 Å². The fourth-order valence-corrected chi connectivity index (χ4v) is 7.32. The molecule has 222 valence electrons. The first-order valence-electron chi connectivity index (χ1n) is 13.0. The molecule has 12 nitrogen and oxygen atoms in total. The van der Waals surface area contributed by atoms with Crippen molar-refractivity contribution >= 4 is 30.9 Å². The Morgan fingerprint density at radius 3 is 2.66 bits per heavy atom. The highest BCUT2D eigenvalue weighted by Crippen LogP contribution is 2.37. The van der Waals surface area contributed by atoms with Crippen LogP contribution in [-0.4, -0.2) is 81.8 Å². The minimum absolute atomic E-state index is 0.0304. The van der Waals surface area contributed by atoms with Gasteiger partial charge in [0.2, 0.25) is 25.5 Å². The molecule has 41 heavy (non-hydrogen) atoms. The summed E-state index contributed by atoms with van der Waals surface area (Å²) in [6.07, 6.45) is 1.63. The Morgan fingerprint density at radius 1 is 1.20 bits per heavy atom. The number of benzene rings is 2. The Morgan fingerprint density at radius 2 is 1.93 bits per heavy atom. The van der Waals surface area contributed by atoms with E-state index in [1.165, 1.54) is 40.7 Å². The van der Waals surface area contributed by atoms with Gasteiger partial charge in [-0.3, -0.25) is 4.79 Å². The van der Waals surface area contributed by atoms with Crippen molar-refractivity contribution in [3.05, 3.63) is 64.7 Å². The molecule has 1 aromatic heterocycles. The van der Waals surface area contributed by atoms with E-state index in [1.54, 1.807) is 6.07 Å². The molecule has 2 fully saturated rings. The third-order valence-electron chi connectivity index (χ3n) is 7.51. The zero-order valence-electron chi connectivity index (χ0n) is 22.0. The molecule has 1 unspecified atom stereocenters. The number of primary sulfonamides is 1. The van der Waals surface area contributed by atoms with Gasteiger partial charge in [-0.2, -0.15) is 4.31 Å². The van der Waals surface area contributed by atoms with E-state index >= 15 is 0 Å². The van der Waals surface area contributed by atoms with Gasteiger partial charge in [0.25, 0.3) is 0 Å². The lowest BCUT2D eigenvalue weighted by Gasteiger charge is -2.37. The number of sulfonamides is 2. The summed E-state index contributed by atoms with van der Waals surface area (Å²) >= 11 is 0. The molecule has 5 rings (SSSR count). The van der Waals surface area contributed by atoms with Crippen molar-refractivity contribution in [3.8, 4) is 5.75 Å². The minimum atomic E-state index is -4.11. The monoisotopic (exact) mass is 610 g/mol. The number of nitrogens with zero attached hydrogens (tertiary/aromatic N) is 1. The zero-order chi connectivity index (χ0) is 29.4. The number of hydrogen-bond acceptors (Lipinski definition) is 9. The summed E-state index contributed by atoms with van der Waals surface area (Å²) in [7, 11) is -7.98. The Labute approximate surface area is 236 Å². The molecule has 2 aliphatic heterocycles. The largest absolute Gasteiger partial charge is 0.491 e. The third-order valence-corrected chi connectivity index (χ3v) is 10.3. The Balaban J connectivity index is 1.13. The lowest BCUT2D eigenvalue weighted by molar-refractivity contribution is -0.0312. The van der Waals surface area contributed by atoms with Crippen LogP contribution in [-0.2, 0) is 24.8 Å². The second-order valence-corrected chi connectivity index (χ2v) is 13.8. The Hall–Kier alpha value is -2.92. The number of rotatable bonds is 9. The molecule has 2 atom stereocenters. The number of aromatic nitrogens is 1. The molecular formula is C26H31FN4O8S2. The van der Waals surface area contributed by atoms with E-state index in [2.05, 4.69) is 10.3 Å². The van der Waals surface area contributed by atoms with Crippen LogP contribution in [0.25, 0.3) is 10.9 Å². The summed E-state index contributed by atoms with van der Waals surface area (Å²) in [6, 6.07) is 9.55. The minimum Gasteiger partial charge on any atom is -0.491 e. The predicted molar refractivity (Wildman–Crippen MR) is 147 cm³/mol. The van der Waals surface area contributed by atoms with Crippen molar-refractivity contribution in [2.75, 3.05) is 32.8 Å². The second kappa shape index (κ2) is 11.4. The number of fused-ring (bicyclic) bond motifs is 1. The summed E-state index contributed by atoms with van der Waals surface area (Å²) in [5.74, 6) is -0.377. The smallest absolute Gasteiger partial charge is 0.248 e. The summed E-state index contributed by atoms with van der Waals surface area (Å²) in [5.41, 5.74) is -1.32. The first-order chi connectivity index (χ1) is 19.4. The van der Waals surface area contributed by atoms with Gasteiger partial charge in [-0.25, -0.2) is 26.4 Å². The van der Waals surface area contributed by atoms with Crippen molar-refractivity contribution < 1.29 is 35.8 Å². The molecule has 2 aromatic carbocycles. The van der Waals surface area contributed by atoms with Gasteiger partial charge in [0.05, 0.1) is 22.6 Å². The number of aromatic amines is 1. The third kappa shape index (κ3) is 6.30. The first-order valence-corrected chi connectivity index (χ1v) is 16.0. The number of para-hydroxylation sites is 1. The fourth-order valence-electron chi connectivity index (χ4n) is 5.28. The molecule has 2 aliphatic rings. The molecule has 3 heterocycles. The number of aliphatic hydroxyl groups is 1. The molecule has 0 bridgehead atoms. The quantitative estimate of drug-likeness (QED) is 0.271. The lowest BCUT2D eigenvalue weighted by Crippen LogP contribution is -2.47.